The number of ether oxygens (including phenoxy) is 1. The molecule has 1 heterocycles. The first-order valence-corrected chi connectivity index (χ1v) is 9.74. The molecule has 1 amide bonds. The molecule has 0 bridgehead atoms. The lowest BCUT2D eigenvalue weighted by molar-refractivity contribution is -0.139. The summed E-state index contributed by atoms with van der Waals surface area (Å²) < 4.78 is 20.0. The number of carbonyl (C=O) groups excluding carboxylic acids is 2. The first kappa shape index (κ1) is 20.9. The summed E-state index contributed by atoms with van der Waals surface area (Å²) >= 11 is 6.24. The van der Waals surface area contributed by atoms with Crippen LogP contribution in [0.25, 0.3) is 5.76 Å². The maximum atomic E-state index is 14.6. The number of Topliss-reactive ketones (excluding diaryl/α,β-unsaturated/α-hetero) is 1. The van der Waals surface area contributed by atoms with Gasteiger partial charge >= 0.3 is 0 Å². The number of hydrogen-bond acceptors (Lipinski definition) is 4. The molecular formula is C22H21ClFNO4. The van der Waals surface area contributed by atoms with Crippen LogP contribution in [-0.4, -0.2) is 34.8 Å². The molecule has 29 heavy (non-hydrogen) atoms. The molecule has 1 N–H and O–H groups in total. The predicted octanol–water partition coefficient (Wildman–Crippen LogP) is 4.71. The second kappa shape index (κ2) is 8.66. The fraction of sp³-hybridized carbons (Fsp3) is 0.273. The number of hydrogen-bond donors (Lipinski definition) is 1. The third-order valence-electron chi connectivity index (χ3n) is 4.71. The van der Waals surface area contributed by atoms with Crippen molar-refractivity contribution in [3.63, 3.8) is 0 Å². The Hall–Kier alpha value is -2.86. The summed E-state index contributed by atoms with van der Waals surface area (Å²) in [5.74, 6) is -2.23. The molecule has 0 spiro atoms. The molecule has 3 rings (SSSR count). The topological polar surface area (TPSA) is 66.8 Å². The standard InChI is InChI=1S/C22H21ClFNO4/c1-3-11-25-19(14-7-5-6-8-17(14)24)18(21(27)22(25)28)20(26)15-12-13(29-4-2)9-10-16(15)23/h5-10,12,19,26H,3-4,11H2,1-2H3/b20-18+. The quantitative estimate of drug-likeness (QED) is 0.420. The average molecular weight is 418 g/mol. The number of aliphatic hydroxyl groups excluding tert-OH is 1. The Morgan fingerprint density at radius 2 is 1.93 bits per heavy atom. The van der Waals surface area contributed by atoms with Crippen molar-refractivity contribution in [3.05, 3.63) is 70.0 Å². The van der Waals surface area contributed by atoms with Gasteiger partial charge in [0.25, 0.3) is 11.7 Å². The van der Waals surface area contributed by atoms with E-state index >= 15 is 0 Å². The Morgan fingerprint density at radius 3 is 2.59 bits per heavy atom. The summed E-state index contributed by atoms with van der Waals surface area (Å²) in [4.78, 5) is 26.7. The summed E-state index contributed by atoms with van der Waals surface area (Å²) in [7, 11) is 0. The fourth-order valence-electron chi connectivity index (χ4n) is 3.46. The van der Waals surface area contributed by atoms with Crippen LogP contribution in [0.5, 0.6) is 5.75 Å². The van der Waals surface area contributed by atoms with Gasteiger partial charge in [0.15, 0.2) is 0 Å². The van der Waals surface area contributed by atoms with Gasteiger partial charge in [-0.25, -0.2) is 4.39 Å². The Labute approximate surface area is 173 Å². The summed E-state index contributed by atoms with van der Waals surface area (Å²) in [6.07, 6.45) is 0.568. The van der Waals surface area contributed by atoms with Gasteiger partial charge in [0.05, 0.1) is 23.2 Å². The first-order valence-electron chi connectivity index (χ1n) is 9.36. The smallest absolute Gasteiger partial charge is 0.295 e. The minimum absolute atomic E-state index is 0.138. The largest absolute Gasteiger partial charge is 0.507 e. The molecule has 0 radical (unpaired) electrons. The number of benzene rings is 2. The maximum absolute atomic E-state index is 14.6. The fourth-order valence-corrected chi connectivity index (χ4v) is 3.67. The van der Waals surface area contributed by atoms with E-state index < -0.39 is 29.3 Å². The van der Waals surface area contributed by atoms with Gasteiger partial charge in [-0.15, -0.1) is 0 Å². The number of ketones is 1. The van der Waals surface area contributed by atoms with E-state index in [-0.39, 0.29) is 28.3 Å². The average Bonchev–Trinajstić information content (AvgIpc) is 2.95. The van der Waals surface area contributed by atoms with E-state index in [0.29, 0.717) is 18.8 Å². The number of nitrogens with zero attached hydrogens (tertiary/aromatic N) is 1. The van der Waals surface area contributed by atoms with Crippen LogP contribution in [0, 0.1) is 5.82 Å². The molecule has 7 heteroatoms. The number of carbonyl (C=O) groups is 2. The highest BCUT2D eigenvalue weighted by atomic mass is 35.5. The predicted molar refractivity (Wildman–Crippen MR) is 108 cm³/mol. The maximum Gasteiger partial charge on any atom is 0.295 e. The molecule has 1 unspecified atom stereocenters. The van der Waals surface area contributed by atoms with Gasteiger partial charge < -0.3 is 14.7 Å². The van der Waals surface area contributed by atoms with Crippen molar-refractivity contribution in [1.29, 1.82) is 0 Å². The lowest BCUT2D eigenvalue weighted by Crippen LogP contribution is -2.30. The molecule has 0 aliphatic carbocycles. The lowest BCUT2D eigenvalue weighted by atomic mass is 9.94. The van der Waals surface area contributed by atoms with Crippen molar-refractivity contribution in [2.75, 3.05) is 13.2 Å². The zero-order valence-electron chi connectivity index (χ0n) is 16.1. The second-order valence-electron chi connectivity index (χ2n) is 6.59. The van der Waals surface area contributed by atoms with Crippen molar-refractivity contribution in [2.24, 2.45) is 0 Å². The van der Waals surface area contributed by atoms with E-state index in [1.54, 1.807) is 12.1 Å². The van der Waals surface area contributed by atoms with E-state index in [1.165, 1.54) is 35.2 Å². The van der Waals surface area contributed by atoms with Gasteiger partial charge in [-0.3, -0.25) is 9.59 Å². The highest BCUT2D eigenvalue weighted by Gasteiger charge is 2.46. The third kappa shape index (κ3) is 3.85. The van der Waals surface area contributed by atoms with Gasteiger partial charge in [-0.05, 0) is 37.6 Å². The Bertz CT molecular complexity index is 989. The molecule has 0 saturated carbocycles. The minimum atomic E-state index is -1.04. The third-order valence-corrected chi connectivity index (χ3v) is 5.04. The normalized spacial score (nSPS) is 18.3. The molecule has 1 saturated heterocycles. The molecule has 1 aliphatic heterocycles. The molecular weight excluding hydrogens is 397 g/mol. The zero-order valence-corrected chi connectivity index (χ0v) is 16.9. The van der Waals surface area contributed by atoms with Crippen molar-refractivity contribution in [1.82, 2.24) is 4.90 Å². The van der Waals surface area contributed by atoms with Crippen LogP contribution in [0.3, 0.4) is 0 Å². The molecule has 2 aromatic carbocycles. The van der Waals surface area contributed by atoms with Gasteiger partial charge in [0.1, 0.15) is 17.3 Å². The summed E-state index contributed by atoms with van der Waals surface area (Å²) in [6, 6.07) is 9.51. The number of amides is 1. The van der Waals surface area contributed by atoms with E-state index in [2.05, 4.69) is 0 Å². The molecule has 1 aliphatic rings. The van der Waals surface area contributed by atoms with Gasteiger partial charge in [0, 0.05) is 17.7 Å². The number of aliphatic hydroxyl groups is 1. The van der Waals surface area contributed by atoms with Crippen LogP contribution < -0.4 is 4.74 Å². The van der Waals surface area contributed by atoms with Crippen LogP contribution in [0.1, 0.15) is 37.4 Å². The minimum Gasteiger partial charge on any atom is -0.507 e. The first-order chi connectivity index (χ1) is 13.9. The van der Waals surface area contributed by atoms with Crippen molar-refractivity contribution >= 4 is 29.1 Å². The van der Waals surface area contributed by atoms with Crippen molar-refractivity contribution in [2.45, 2.75) is 26.3 Å². The highest BCUT2D eigenvalue weighted by molar-refractivity contribution is 6.47. The van der Waals surface area contributed by atoms with Crippen molar-refractivity contribution in [3.8, 4) is 5.75 Å². The van der Waals surface area contributed by atoms with Crippen LogP contribution in [0.2, 0.25) is 5.02 Å². The summed E-state index contributed by atoms with van der Waals surface area (Å²) in [5.41, 5.74) is 0.0938. The summed E-state index contributed by atoms with van der Waals surface area (Å²) in [6.45, 7) is 4.30. The van der Waals surface area contributed by atoms with E-state index in [0.717, 1.165) is 0 Å². The van der Waals surface area contributed by atoms with Gasteiger partial charge in [0.2, 0.25) is 0 Å². The number of halogens is 2. The monoisotopic (exact) mass is 417 g/mol. The van der Waals surface area contributed by atoms with Gasteiger partial charge in [-0.2, -0.15) is 0 Å². The number of likely N-dealkylation sites (tertiary alicyclic amines) is 1. The Kier molecular flexibility index (Phi) is 6.23. The van der Waals surface area contributed by atoms with Crippen LogP contribution in [0.15, 0.2) is 48.0 Å². The molecule has 152 valence electrons. The molecule has 1 atom stereocenters. The molecule has 0 aromatic heterocycles. The Morgan fingerprint density at radius 1 is 1.21 bits per heavy atom. The molecule has 2 aromatic rings. The molecule has 1 fully saturated rings. The van der Waals surface area contributed by atoms with Crippen molar-refractivity contribution < 1.29 is 23.8 Å². The number of rotatable bonds is 6. The Balaban J connectivity index is 2.24. The molecule has 5 nitrogen and oxygen atoms in total. The highest BCUT2D eigenvalue weighted by Crippen LogP contribution is 2.41. The van der Waals surface area contributed by atoms with Crippen LogP contribution in [0.4, 0.5) is 4.39 Å². The second-order valence-corrected chi connectivity index (χ2v) is 7.00. The zero-order chi connectivity index (χ0) is 21.1. The van der Waals surface area contributed by atoms with E-state index in [4.69, 9.17) is 16.3 Å². The van der Waals surface area contributed by atoms with E-state index in [1.807, 2.05) is 13.8 Å². The van der Waals surface area contributed by atoms with Gasteiger partial charge in [-0.1, -0.05) is 36.7 Å². The lowest BCUT2D eigenvalue weighted by Gasteiger charge is -2.25. The SMILES string of the molecule is CCCN1C(=O)C(=O)/C(=C(/O)c2cc(OCC)ccc2Cl)C1c1ccccc1F. The van der Waals surface area contributed by atoms with Crippen LogP contribution in [-0.2, 0) is 9.59 Å². The van der Waals surface area contributed by atoms with E-state index in [9.17, 15) is 19.1 Å². The van der Waals surface area contributed by atoms with Crippen LogP contribution >= 0.6 is 11.6 Å². The summed E-state index contributed by atoms with van der Waals surface area (Å²) in [5, 5.41) is 11.2.